The van der Waals surface area contributed by atoms with E-state index in [4.69, 9.17) is 16.5 Å². The van der Waals surface area contributed by atoms with E-state index >= 15 is 0 Å². The van der Waals surface area contributed by atoms with Crippen molar-refractivity contribution in [1.82, 2.24) is 0 Å². The zero-order chi connectivity index (χ0) is 49.8. The van der Waals surface area contributed by atoms with Gasteiger partial charge in [0.05, 0.1) is 0 Å². The molecule has 0 aliphatic heterocycles. The third kappa shape index (κ3) is 11.9. The monoisotopic (exact) mass is 1030 g/mol. The van der Waals surface area contributed by atoms with Crippen molar-refractivity contribution in [3.63, 3.8) is 0 Å². The standard InChI is InChI=1S/C33H34O2Si3.C28H32O2Si3/c1-36(29-19-9-4-10-20-29,30-21-11-5-12-22-30)34-38(3,33-27-17-8-18-28-33)35-37(2,31-23-13-6-14-24-31)32-25-15-7-16-26-32;1-31(2,25-17-9-5-10-18-25)29-33(27-21-13-7-14-22-27,28-23-15-8-16-24-28)30-32(3,4)26-19-11-6-12-20-26/h4-28H,1-3H3;5-24H,1-4H3. The van der Waals surface area contributed by atoms with Crippen LogP contribution in [-0.2, 0) is 16.5 Å². The fourth-order valence-corrected chi connectivity index (χ4v) is 36.6. The third-order valence-corrected chi connectivity index (χ3v) is 39.0. The van der Waals surface area contributed by atoms with Crippen LogP contribution in [0.3, 0.4) is 0 Å². The van der Waals surface area contributed by atoms with Crippen molar-refractivity contribution in [2.24, 2.45) is 0 Å². The maximum Gasteiger partial charge on any atom is 0.386 e. The number of benzene rings is 9. The highest BCUT2D eigenvalue weighted by Gasteiger charge is 2.52. The fraction of sp³-hybridized carbons (Fsp3) is 0.115. The minimum atomic E-state index is -3.06. The summed E-state index contributed by atoms with van der Waals surface area (Å²) in [6, 6.07) is 96.1. The van der Waals surface area contributed by atoms with Gasteiger partial charge in [-0.15, -0.1) is 0 Å². The Labute approximate surface area is 429 Å². The summed E-state index contributed by atoms with van der Waals surface area (Å²) < 4.78 is 30.1. The lowest BCUT2D eigenvalue weighted by Crippen LogP contribution is -2.73. The Morgan fingerprint density at radius 2 is 0.380 bits per heavy atom. The van der Waals surface area contributed by atoms with Crippen molar-refractivity contribution < 1.29 is 16.5 Å². The van der Waals surface area contributed by atoms with Gasteiger partial charge in [-0.05, 0) is 92.5 Å². The van der Waals surface area contributed by atoms with Crippen LogP contribution in [-0.4, -0.2) is 50.4 Å². The fourth-order valence-electron chi connectivity index (χ4n) is 9.51. The molecule has 358 valence electrons. The van der Waals surface area contributed by atoms with Gasteiger partial charge in [-0.25, -0.2) is 0 Å². The Morgan fingerprint density at radius 3 is 0.606 bits per heavy atom. The molecule has 0 amide bonds. The normalized spacial score (nSPS) is 12.4. The topological polar surface area (TPSA) is 36.9 Å². The van der Waals surface area contributed by atoms with Crippen LogP contribution in [0.5, 0.6) is 0 Å². The number of rotatable bonds is 17. The van der Waals surface area contributed by atoms with E-state index in [1.54, 1.807) is 0 Å². The highest BCUT2D eigenvalue weighted by Crippen LogP contribution is 2.24. The van der Waals surface area contributed by atoms with E-state index in [0.29, 0.717) is 0 Å². The van der Waals surface area contributed by atoms with Crippen molar-refractivity contribution in [3.8, 4) is 0 Å². The third-order valence-electron chi connectivity index (χ3n) is 13.4. The first kappa shape index (κ1) is 51.5. The summed E-state index contributed by atoms with van der Waals surface area (Å²) in [5.74, 6) is 0. The highest BCUT2D eigenvalue weighted by atomic mass is 28.5. The lowest BCUT2D eigenvalue weighted by atomic mass is 10.4. The molecule has 10 heteroatoms. The van der Waals surface area contributed by atoms with Gasteiger partial charge in [0.25, 0.3) is 0 Å². The Hall–Kier alpha value is -5.88. The first-order valence-electron chi connectivity index (χ1n) is 24.6. The Morgan fingerprint density at radius 1 is 0.197 bits per heavy atom. The minimum absolute atomic E-state index is 1.15. The van der Waals surface area contributed by atoms with E-state index in [9.17, 15) is 0 Å². The Kier molecular flexibility index (Phi) is 16.4. The van der Waals surface area contributed by atoms with Gasteiger partial charge < -0.3 is 16.5 Å². The highest BCUT2D eigenvalue weighted by molar-refractivity contribution is 7.08. The SMILES string of the molecule is C[Si](C)(O[Si](O[Si](C)(C)c1ccccc1)(c1ccccc1)c1ccccc1)c1ccccc1.C[Si](O[Si](C)(c1ccccc1)c1ccccc1)(O[Si](C)(c1ccccc1)c1ccccc1)c1ccccc1. The summed E-state index contributed by atoms with van der Waals surface area (Å²) in [6.07, 6.45) is 0. The largest absolute Gasteiger partial charge is 0.426 e. The second-order valence-corrected chi connectivity index (χ2v) is 41.1. The second-order valence-electron chi connectivity index (χ2n) is 19.4. The molecule has 0 saturated carbocycles. The van der Waals surface area contributed by atoms with Gasteiger partial charge in [0.1, 0.15) is 0 Å². The van der Waals surface area contributed by atoms with Crippen molar-refractivity contribution in [2.45, 2.75) is 45.8 Å². The van der Waals surface area contributed by atoms with Crippen LogP contribution in [0, 0.1) is 0 Å². The molecule has 9 aromatic carbocycles. The molecule has 4 nitrogen and oxygen atoms in total. The summed E-state index contributed by atoms with van der Waals surface area (Å²) >= 11 is 0. The van der Waals surface area contributed by atoms with Gasteiger partial charge in [-0.1, -0.05) is 273 Å². The number of hydrogen-bond donors (Lipinski definition) is 0. The van der Waals surface area contributed by atoms with Crippen molar-refractivity contribution >= 4 is 97.1 Å². The van der Waals surface area contributed by atoms with Crippen molar-refractivity contribution in [2.75, 3.05) is 0 Å². The molecular formula is C61H66O4Si6. The van der Waals surface area contributed by atoms with Gasteiger partial charge in [-0.3, -0.25) is 0 Å². The lowest BCUT2D eigenvalue weighted by Gasteiger charge is -2.43. The van der Waals surface area contributed by atoms with E-state index in [0.717, 1.165) is 15.6 Å². The smallest absolute Gasteiger partial charge is 0.386 e. The van der Waals surface area contributed by atoms with Gasteiger partial charge in [0.2, 0.25) is 33.3 Å². The molecule has 0 aromatic heterocycles. The van der Waals surface area contributed by atoms with Gasteiger partial charge >= 0.3 is 17.1 Å². The van der Waals surface area contributed by atoms with Crippen LogP contribution in [0.1, 0.15) is 0 Å². The average Bonchev–Trinajstić information content (AvgIpc) is 3.43. The minimum Gasteiger partial charge on any atom is -0.426 e. The molecule has 0 bridgehead atoms. The van der Waals surface area contributed by atoms with Crippen LogP contribution in [0.4, 0.5) is 0 Å². The van der Waals surface area contributed by atoms with Crippen molar-refractivity contribution in [1.29, 1.82) is 0 Å². The molecule has 0 heterocycles. The average molecular weight is 1030 g/mol. The van der Waals surface area contributed by atoms with E-state index in [2.05, 4.69) is 319 Å². The summed E-state index contributed by atoms with van der Waals surface area (Å²) in [6.45, 7) is 16.0. The summed E-state index contributed by atoms with van der Waals surface area (Å²) in [7, 11) is -16.0. The maximum atomic E-state index is 7.61. The van der Waals surface area contributed by atoms with Crippen LogP contribution >= 0.6 is 0 Å². The summed E-state index contributed by atoms with van der Waals surface area (Å²) in [5, 5.41) is 11.0. The molecular weight excluding hydrogens is 965 g/mol. The molecule has 0 saturated heterocycles. The lowest BCUT2D eigenvalue weighted by molar-refractivity contribution is 0.415. The van der Waals surface area contributed by atoms with Crippen LogP contribution in [0.2, 0.25) is 45.8 Å². The molecule has 0 radical (unpaired) electrons. The van der Waals surface area contributed by atoms with Crippen molar-refractivity contribution in [3.05, 3.63) is 273 Å². The Balaban J connectivity index is 0.000000192. The first-order valence-corrected chi connectivity index (χ1v) is 39.3. The summed E-state index contributed by atoms with van der Waals surface area (Å²) in [5.41, 5.74) is 0. The molecule has 0 unspecified atom stereocenters. The molecule has 9 rings (SSSR count). The molecule has 71 heavy (non-hydrogen) atoms. The zero-order valence-corrected chi connectivity index (χ0v) is 48.1. The van der Waals surface area contributed by atoms with Crippen LogP contribution < -0.4 is 46.7 Å². The molecule has 0 aliphatic rings. The molecule has 0 spiro atoms. The predicted octanol–water partition coefficient (Wildman–Crippen LogP) is 9.28. The molecule has 0 fully saturated rings. The van der Waals surface area contributed by atoms with Crippen LogP contribution in [0.15, 0.2) is 273 Å². The van der Waals surface area contributed by atoms with Gasteiger partial charge in [0, 0.05) is 0 Å². The van der Waals surface area contributed by atoms with E-state index in [-0.39, 0.29) is 0 Å². The zero-order valence-electron chi connectivity index (χ0n) is 42.1. The Bertz CT molecular complexity index is 2730. The van der Waals surface area contributed by atoms with Gasteiger partial charge in [-0.2, -0.15) is 0 Å². The van der Waals surface area contributed by atoms with Crippen LogP contribution in [0.25, 0.3) is 0 Å². The molecule has 0 aliphatic carbocycles. The summed E-state index contributed by atoms with van der Waals surface area (Å²) in [4.78, 5) is 0. The molecule has 9 aromatic rings. The van der Waals surface area contributed by atoms with E-state index in [1.165, 1.54) is 31.1 Å². The maximum absolute atomic E-state index is 7.61. The predicted molar refractivity (Wildman–Crippen MR) is 315 cm³/mol. The second kappa shape index (κ2) is 22.7. The van der Waals surface area contributed by atoms with E-state index < -0.39 is 50.4 Å². The van der Waals surface area contributed by atoms with Gasteiger partial charge in [0.15, 0.2) is 0 Å². The quantitative estimate of drug-likeness (QED) is 0.0854. The molecule has 0 N–H and O–H groups in total. The molecule has 0 atom stereocenters. The first-order chi connectivity index (χ1) is 34.3. The van der Waals surface area contributed by atoms with E-state index in [1.807, 2.05) is 0 Å². The number of hydrogen-bond acceptors (Lipinski definition) is 4.